The normalized spacial score (nSPS) is 15.5. The lowest BCUT2D eigenvalue weighted by molar-refractivity contribution is 0.0693. The third kappa shape index (κ3) is 2.96. The van der Waals surface area contributed by atoms with E-state index < -0.39 is 5.97 Å². The fourth-order valence-electron chi connectivity index (χ4n) is 4.43. The molecule has 0 saturated heterocycles. The summed E-state index contributed by atoms with van der Waals surface area (Å²) < 4.78 is 12.6. The Kier molecular flexibility index (Phi) is 4.12. The van der Waals surface area contributed by atoms with E-state index in [2.05, 4.69) is 20.8 Å². The molecule has 0 bridgehead atoms. The first kappa shape index (κ1) is 19.2. The van der Waals surface area contributed by atoms with Crippen molar-refractivity contribution in [2.45, 2.75) is 33.2 Å². The van der Waals surface area contributed by atoms with Crippen molar-refractivity contribution in [2.75, 3.05) is 0 Å². The maximum atomic E-state index is 11.7. The van der Waals surface area contributed by atoms with Crippen molar-refractivity contribution in [1.82, 2.24) is 9.78 Å². The fraction of sp³-hybridized carbons (Fsp3) is 0.250. The number of phenols is 1. The van der Waals surface area contributed by atoms with Crippen LogP contribution in [-0.2, 0) is 6.54 Å². The van der Waals surface area contributed by atoms with E-state index in [1.807, 2.05) is 16.8 Å². The quantitative estimate of drug-likeness (QED) is 0.448. The summed E-state index contributed by atoms with van der Waals surface area (Å²) in [6, 6.07) is 6.87. The van der Waals surface area contributed by atoms with Crippen LogP contribution in [0.4, 0.5) is 0 Å². The minimum Gasteiger partial charge on any atom is -0.507 e. The van der Waals surface area contributed by atoms with Crippen LogP contribution in [0.15, 0.2) is 58.2 Å². The zero-order chi connectivity index (χ0) is 21.9. The second-order valence-corrected chi connectivity index (χ2v) is 8.96. The highest BCUT2D eigenvalue weighted by molar-refractivity contribution is 5.96. The Hall–Kier alpha value is -3.74. The van der Waals surface area contributed by atoms with Crippen LogP contribution in [0.5, 0.6) is 5.75 Å². The van der Waals surface area contributed by atoms with E-state index in [1.54, 1.807) is 37.2 Å². The summed E-state index contributed by atoms with van der Waals surface area (Å²) in [5.41, 5.74) is 5.50. The summed E-state index contributed by atoms with van der Waals surface area (Å²) in [4.78, 5) is 11.7. The smallest absolute Gasteiger partial charge is 0.339 e. The average Bonchev–Trinajstić information content (AvgIpc) is 3.44. The highest BCUT2D eigenvalue weighted by atomic mass is 16.4. The van der Waals surface area contributed by atoms with E-state index in [-0.39, 0.29) is 22.6 Å². The molecule has 0 aliphatic carbocycles. The number of rotatable bonds is 3. The molecule has 4 heterocycles. The molecule has 7 nitrogen and oxygen atoms in total. The third-order valence-electron chi connectivity index (χ3n) is 5.99. The number of furan rings is 2. The van der Waals surface area contributed by atoms with E-state index in [0.717, 1.165) is 39.2 Å². The van der Waals surface area contributed by atoms with Gasteiger partial charge in [-0.2, -0.15) is 5.10 Å². The van der Waals surface area contributed by atoms with Crippen molar-refractivity contribution in [2.24, 2.45) is 5.41 Å². The molecule has 31 heavy (non-hydrogen) atoms. The second kappa shape index (κ2) is 6.63. The molecule has 0 saturated carbocycles. The Morgan fingerprint density at radius 3 is 2.39 bits per heavy atom. The van der Waals surface area contributed by atoms with Gasteiger partial charge in [0.15, 0.2) is 0 Å². The van der Waals surface area contributed by atoms with Gasteiger partial charge in [-0.15, -0.1) is 0 Å². The van der Waals surface area contributed by atoms with Crippen LogP contribution in [-0.4, -0.2) is 26.0 Å². The molecule has 3 aromatic heterocycles. The van der Waals surface area contributed by atoms with Crippen LogP contribution in [0.3, 0.4) is 0 Å². The lowest BCUT2D eigenvalue weighted by Crippen LogP contribution is -2.28. The van der Waals surface area contributed by atoms with Crippen molar-refractivity contribution >= 4 is 5.97 Å². The van der Waals surface area contributed by atoms with Gasteiger partial charge in [-0.05, 0) is 35.2 Å². The van der Waals surface area contributed by atoms with Crippen LogP contribution < -0.4 is 0 Å². The van der Waals surface area contributed by atoms with Gasteiger partial charge in [-0.1, -0.05) is 20.8 Å². The van der Waals surface area contributed by atoms with Gasteiger partial charge in [0.05, 0.1) is 30.7 Å². The van der Waals surface area contributed by atoms with Crippen molar-refractivity contribution < 1.29 is 23.8 Å². The van der Waals surface area contributed by atoms with Gasteiger partial charge in [0, 0.05) is 34.7 Å². The van der Waals surface area contributed by atoms with Gasteiger partial charge in [-0.25, -0.2) is 4.79 Å². The molecule has 2 N–H and O–H groups in total. The van der Waals surface area contributed by atoms with Gasteiger partial charge in [0.25, 0.3) is 0 Å². The minimum atomic E-state index is -1.15. The number of carboxylic acid groups (broad SMARTS) is 1. The molecule has 158 valence electrons. The molecule has 5 rings (SSSR count). The second-order valence-electron chi connectivity index (χ2n) is 8.96. The Morgan fingerprint density at radius 2 is 1.81 bits per heavy atom. The molecule has 7 heteroatoms. The first-order chi connectivity index (χ1) is 14.8. The topological polar surface area (TPSA) is 102 Å². The fourth-order valence-corrected chi connectivity index (χ4v) is 4.43. The zero-order valence-electron chi connectivity index (χ0n) is 17.4. The minimum absolute atomic E-state index is 0.00278. The number of aromatic hydroxyl groups is 1. The number of hydrogen-bond donors (Lipinski definition) is 2. The Morgan fingerprint density at radius 1 is 1.13 bits per heavy atom. The van der Waals surface area contributed by atoms with Crippen LogP contribution in [0, 0.1) is 5.41 Å². The molecule has 0 unspecified atom stereocenters. The molecular weight excluding hydrogens is 396 g/mol. The number of hydrogen-bond acceptors (Lipinski definition) is 5. The lowest BCUT2D eigenvalue weighted by atomic mass is 9.72. The molecule has 1 aliphatic rings. The van der Waals surface area contributed by atoms with Gasteiger partial charge < -0.3 is 19.0 Å². The van der Waals surface area contributed by atoms with E-state index in [0.29, 0.717) is 6.54 Å². The number of aromatic nitrogens is 2. The number of fused-ring (bicyclic) bond motifs is 3. The molecule has 4 aromatic rings. The van der Waals surface area contributed by atoms with Crippen LogP contribution in [0.2, 0.25) is 0 Å². The number of aromatic carboxylic acids is 1. The summed E-state index contributed by atoms with van der Waals surface area (Å²) in [7, 11) is 0. The molecule has 1 aromatic carbocycles. The first-order valence-electron chi connectivity index (χ1n) is 10.0. The maximum Gasteiger partial charge on any atom is 0.339 e. The molecule has 0 spiro atoms. The van der Waals surface area contributed by atoms with Gasteiger partial charge >= 0.3 is 5.97 Å². The molecule has 0 amide bonds. The Labute approximate surface area is 178 Å². The van der Waals surface area contributed by atoms with E-state index in [4.69, 9.17) is 13.9 Å². The number of carbonyl (C=O) groups is 1. The number of benzene rings is 1. The lowest BCUT2D eigenvalue weighted by Gasteiger charge is -2.36. The summed E-state index contributed by atoms with van der Waals surface area (Å²) >= 11 is 0. The predicted molar refractivity (Wildman–Crippen MR) is 114 cm³/mol. The van der Waals surface area contributed by atoms with Crippen molar-refractivity contribution in [3.8, 4) is 39.4 Å². The van der Waals surface area contributed by atoms with Crippen LogP contribution in [0.1, 0.15) is 42.6 Å². The van der Waals surface area contributed by atoms with Gasteiger partial charge in [0.2, 0.25) is 0 Å². The highest BCUT2D eigenvalue weighted by Crippen LogP contribution is 2.51. The van der Waals surface area contributed by atoms with Crippen LogP contribution >= 0.6 is 0 Å². The highest BCUT2D eigenvalue weighted by Gasteiger charge is 2.38. The van der Waals surface area contributed by atoms with Crippen molar-refractivity contribution in [3.05, 3.63) is 60.4 Å². The van der Waals surface area contributed by atoms with Gasteiger partial charge in [0.1, 0.15) is 17.0 Å². The standard InChI is InChI=1S/C24H22N2O5/c1-24(2,3)18-10-26-22(16-9-19(27)17(23(28)29)8-15(16)18)20(13-4-6-30-11-13)21(25-26)14-5-7-31-12-14/h4-9,11-12,18,27H,10H2,1-3H3,(H,28,29)/t18-/m1/s1. The summed E-state index contributed by atoms with van der Waals surface area (Å²) in [5, 5.41) is 25.0. The SMILES string of the molecule is CC(C)(C)[C@@H]1Cn2nc(-c3ccoc3)c(-c3ccoc3)c2-c2cc(O)c(C(=O)O)cc21. The number of nitrogens with zero attached hydrogens (tertiary/aromatic N) is 2. The maximum absolute atomic E-state index is 11.7. The van der Waals surface area contributed by atoms with Crippen molar-refractivity contribution in [3.63, 3.8) is 0 Å². The summed E-state index contributed by atoms with van der Waals surface area (Å²) in [5.74, 6) is -1.42. The van der Waals surface area contributed by atoms with Crippen LogP contribution in [0.25, 0.3) is 33.6 Å². The molecule has 1 atom stereocenters. The van der Waals surface area contributed by atoms with E-state index >= 15 is 0 Å². The molecule has 1 aliphatic heterocycles. The van der Waals surface area contributed by atoms with E-state index in [9.17, 15) is 15.0 Å². The summed E-state index contributed by atoms with van der Waals surface area (Å²) in [6.45, 7) is 6.95. The van der Waals surface area contributed by atoms with E-state index in [1.165, 1.54) is 0 Å². The Bertz CT molecular complexity index is 1270. The van der Waals surface area contributed by atoms with Crippen molar-refractivity contribution in [1.29, 1.82) is 0 Å². The molecule has 0 fully saturated rings. The zero-order valence-corrected chi connectivity index (χ0v) is 17.4. The Balaban J connectivity index is 1.86. The van der Waals surface area contributed by atoms with Gasteiger partial charge in [-0.3, -0.25) is 4.68 Å². The third-order valence-corrected chi connectivity index (χ3v) is 5.99. The average molecular weight is 418 g/mol. The monoisotopic (exact) mass is 418 g/mol. The summed E-state index contributed by atoms with van der Waals surface area (Å²) in [6.07, 6.45) is 6.50. The molecule has 0 radical (unpaired) electrons. The predicted octanol–water partition coefficient (Wildman–Crippen LogP) is 5.62. The first-order valence-corrected chi connectivity index (χ1v) is 10.0. The molecular formula is C24H22N2O5. The number of carboxylic acids is 1. The largest absolute Gasteiger partial charge is 0.507 e.